The molecule has 0 radical (unpaired) electrons. The van der Waals surface area contributed by atoms with Gasteiger partial charge in [0.2, 0.25) is 5.91 Å². The van der Waals surface area contributed by atoms with Crippen LogP contribution in [-0.4, -0.2) is 23.5 Å². The molecule has 0 unspecified atom stereocenters. The molecule has 1 atom stereocenters. The van der Waals surface area contributed by atoms with E-state index < -0.39 is 5.76 Å². The number of carbonyl (C=O) groups is 1. The molecule has 1 aliphatic rings. The van der Waals surface area contributed by atoms with Crippen molar-refractivity contribution in [2.75, 3.05) is 11.9 Å². The van der Waals surface area contributed by atoms with Crippen LogP contribution in [0.1, 0.15) is 12.8 Å². The molecule has 0 spiro atoms. The van der Waals surface area contributed by atoms with Crippen LogP contribution in [0.5, 0.6) is 0 Å². The van der Waals surface area contributed by atoms with Gasteiger partial charge < -0.3 is 15.1 Å². The number of rotatable bonds is 2. The van der Waals surface area contributed by atoms with Gasteiger partial charge in [-0.3, -0.25) is 9.78 Å². The van der Waals surface area contributed by atoms with Crippen molar-refractivity contribution in [2.45, 2.75) is 18.9 Å². The summed E-state index contributed by atoms with van der Waals surface area (Å²) < 4.78 is 4.89. The first-order valence-electron chi connectivity index (χ1n) is 5.89. The predicted molar refractivity (Wildman–Crippen MR) is 66.5 cm³/mol. The first-order valence-corrected chi connectivity index (χ1v) is 5.89. The molecule has 18 heavy (non-hydrogen) atoms. The largest absolute Gasteiger partial charge is 0.417 e. The number of fused-ring (bicyclic) bond motifs is 1. The summed E-state index contributed by atoms with van der Waals surface area (Å²) in [6.45, 7) is 0.881. The standard InChI is InChI=1S/C12H13N3O3/c16-11(8-2-1-5-13-8)14-7-3-4-10-9(6-7)15-12(17)18-10/h3-4,6,8,13H,1-2,5H2,(H,14,16)(H,15,17)/t8-/m1/s1. The van der Waals surface area contributed by atoms with Gasteiger partial charge in [-0.05, 0) is 37.6 Å². The van der Waals surface area contributed by atoms with Crippen molar-refractivity contribution in [3.8, 4) is 0 Å². The Morgan fingerprint density at radius 3 is 3.11 bits per heavy atom. The molecule has 1 aromatic heterocycles. The number of amides is 1. The molecule has 1 saturated heterocycles. The van der Waals surface area contributed by atoms with Crippen molar-refractivity contribution < 1.29 is 9.21 Å². The lowest BCUT2D eigenvalue weighted by Crippen LogP contribution is -2.35. The topological polar surface area (TPSA) is 87.1 Å². The first kappa shape index (κ1) is 11.0. The first-order chi connectivity index (χ1) is 8.72. The lowest BCUT2D eigenvalue weighted by Gasteiger charge is -2.10. The van der Waals surface area contributed by atoms with Crippen molar-refractivity contribution in [3.63, 3.8) is 0 Å². The molecule has 3 N–H and O–H groups in total. The van der Waals surface area contributed by atoms with E-state index in [4.69, 9.17) is 4.42 Å². The molecule has 2 heterocycles. The van der Waals surface area contributed by atoms with Gasteiger partial charge in [0.1, 0.15) is 0 Å². The van der Waals surface area contributed by atoms with Crippen LogP contribution in [0, 0.1) is 0 Å². The van der Waals surface area contributed by atoms with E-state index in [1.54, 1.807) is 18.2 Å². The lowest BCUT2D eigenvalue weighted by atomic mass is 10.2. The van der Waals surface area contributed by atoms with Crippen molar-refractivity contribution in [2.24, 2.45) is 0 Å². The number of aromatic nitrogens is 1. The Morgan fingerprint density at radius 1 is 1.44 bits per heavy atom. The van der Waals surface area contributed by atoms with Crippen LogP contribution >= 0.6 is 0 Å². The fraction of sp³-hybridized carbons (Fsp3) is 0.333. The summed E-state index contributed by atoms with van der Waals surface area (Å²) >= 11 is 0. The molecule has 1 aromatic carbocycles. The number of nitrogens with one attached hydrogen (secondary N) is 3. The number of carbonyl (C=O) groups excluding carboxylic acids is 1. The van der Waals surface area contributed by atoms with E-state index in [2.05, 4.69) is 15.6 Å². The highest BCUT2D eigenvalue weighted by Gasteiger charge is 2.21. The van der Waals surface area contributed by atoms with E-state index in [0.717, 1.165) is 19.4 Å². The van der Waals surface area contributed by atoms with Gasteiger partial charge >= 0.3 is 5.76 Å². The number of benzene rings is 1. The highest BCUT2D eigenvalue weighted by molar-refractivity contribution is 5.96. The van der Waals surface area contributed by atoms with Crippen LogP contribution in [0.3, 0.4) is 0 Å². The number of H-pyrrole nitrogens is 1. The van der Waals surface area contributed by atoms with Crippen molar-refractivity contribution in [1.29, 1.82) is 0 Å². The minimum absolute atomic E-state index is 0.0438. The third kappa shape index (κ3) is 2.02. The van der Waals surface area contributed by atoms with Crippen molar-refractivity contribution in [3.05, 3.63) is 28.7 Å². The Labute approximate surface area is 102 Å². The normalized spacial score (nSPS) is 19.2. The molecule has 1 amide bonds. The monoisotopic (exact) mass is 247 g/mol. The Hall–Kier alpha value is -2.08. The van der Waals surface area contributed by atoms with Gasteiger partial charge in [0, 0.05) is 5.69 Å². The second kappa shape index (κ2) is 4.30. The van der Waals surface area contributed by atoms with Gasteiger partial charge in [-0.25, -0.2) is 4.79 Å². The van der Waals surface area contributed by atoms with E-state index >= 15 is 0 Å². The van der Waals surface area contributed by atoms with Crippen LogP contribution in [0.4, 0.5) is 5.69 Å². The summed E-state index contributed by atoms with van der Waals surface area (Å²) in [5.41, 5.74) is 1.72. The molecule has 94 valence electrons. The maximum absolute atomic E-state index is 11.9. The van der Waals surface area contributed by atoms with E-state index in [9.17, 15) is 9.59 Å². The minimum Gasteiger partial charge on any atom is -0.408 e. The quantitative estimate of drug-likeness (QED) is 0.733. The van der Waals surface area contributed by atoms with Crippen LogP contribution in [0.25, 0.3) is 11.1 Å². The van der Waals surface area contributed by atoms with Gasteiger partial charge in [-0.15, -0.1) is 0 Å². The van der Waals surface area contributed by atoms with E-state index in [1.807, 2.05) is 0 Å². The zero-order valence-corrected chi connectivity index (χ0v) is 9.66. The van der Waals surface area contributed by atoms with Gasteiger partial charge in [-0.1, -0.05) is 0 Å². The summed E-state index contributed by atoms with van der Waals surface area (Å²) in [5, 5.41) is 5.95. The second-order valence-corrected chi connectivity index (χ2v) is 4.36. The van der Waals surface area contributed by atoms with Gasteiger partial charge in [0.25, 0.3) is 0 Å². The molecule has 1 fully saturated rings. The van der Waals surface area contributed by atoms with Crippen LogP contribution < -0.4 is 16.4 Å². The van der Waals surface area contributed by atoms with Crippen LogP contribution in [0.2, 0.25) is 0 Å². The molecule has 6 heteroatoms. The minimum atomic E-state index is -0.495. The maximum atomic E-state index is 11.9. The van der Waals surface area contributed by atoms with E-state index in [1.165, 1.54) is 0 Å². The highest BCUT2D eigenvalue weighted by Crippen LogP contribution is 2.17. The van der Waals surface area contributed by atoms with E-state index in [-0.39, 0.29) is 11.9 Å². The zero-order valence-electron chi connectivity index (χ0n) is 9.66. The SMILES string of the molecule is O=C(Nc1ccc2oc(=O)[nH]c2c1)[C@H]1CCCN1. The Kier molecular flexibility index (Phi) is 2.64. The van der Waals surface area contributed by atoms with Crippen LogP contribution in [-0.2, 0) is 4.79 Å². The number of hydrogen-bond donors (Lipinski definition) is 3. The predicted octanol–water partition coefficient (Wildman–Crippen LogP) is 0.812. The molecule has 0 bridgehead atoms. The molecule has 6 nitrogen and oxygen atoms in total. The summed E-state index contributed by atoms with van der Waals surface area (Å²) in [5.74, 6) is -0.538. The third-order valence-corrected chi connectivity index (χ3v) is 3.06. The molecular formula is C12H13N3O3. The molecular weight excluding hydrogens is 234 g/mol. The zero-order chi connectivity index (χ0) is 12.5. The molecule has 0 saturated carbocycles. The molecule has 1 aliphatic heterocycles. The molecule has 0 aliphatic carbocycles. The molecule has 3 rings (SSSR count). The summed E-state index contributed by atoms with van der Waals surface area (Å²) in [7, 11) is 0. The van der Waals surface area contributed by atoms with Crippen LogP contribution in [0.15, 0.2) is 27.4 Å². The van der Waals surface area contributed by atoms with Gasteiger partial charge in [-0.2, -0.15) is 0 Å². The number of aromatic amines is 1. The van der Waals surface area contributed by atoms with Gasteiger partial charge in [0.15, 0.2) is 5.58 Å². The summed E-state index contributed by atoms with van der Waals surface area (Å²) in [6.07, 6.45) is 1.88. The number of hydrogen-bond acceptors (Lipinski definition) is 4. The van der Waals surface area contributed by atoms with E-state index in [0.29, 0.717) is 16.8 Å². The molecule has 2 aromatic rings. The van der Waals surface area contributed by atoms with Crippen molar-refractivity contribution >= 4 is 22.7 Å². The Balaban J connectivity index is 1.81. The van der Waals surface area contributed by atoms with Gasteiger partial charge in [0.05, 0.1) is 11.6 Å². The summed E-state index contributed by atoms with van der Waals surface area (Å²) in [6, 6.07) is 4.94. The van der Waals surface area contributed by atoms with Crippen molar-refractivity contribution in [1.82, 2.24) is 10.3 Å². The fourth-order valence-electron chi connectivity index (χ4n) is 2.17. The number of anilines is 1. The maximum Gasteiger partial charge on any atom is 0.417 e. The smallest absolute Gasteiger partial charge is 0.408 e. The highest BCUT2D eigenvalue weighted by atomic mass is 16.4. The average molecular weight is 247 g/mol. The third-order valence-electron chi connectivity index (χ3n) is 3.06. The average Bonchev–Trinajstić information content (AvgIpc) is 2.95. The lowest BCUT2D eigenvalue weighted by molar-refractivity contribution is -0.117. The fourth-order valence-corrected chi connectivity index (χ4v) is 2.17. The number of oxazole rings is 1. The Morgan fingerprint density at radius 2 is 2.33 bits per heavy atom. The Bertz CT molecular complexity index is 637. The summed E-state index contributed by atoms with van der Waals surface area (Å²) in [4.78, 5) is 25.5. The second-order valence-electron chi connectivity index (χ2n) is 4.36.